The summed E-state index contributed by atoms with van der Waals surface area (Å²) >= 11 is 0. The lowest BCUT2D eigenvalue weighted by molar-refractivity contribution is -0.137. The SMILES string of the molecule is CC(C)CN(CCC(=O)O)C(=O)c1cccc(-c2ccoc2)c1. The first kappa shape index (κ1) is 16.8. The van der Waals surface area contributed by atoms with Crippen LogP contribution < -0.4 is 0 Å². The average molecular weight is 315 g/mol. The van der Waals surface area contributed by atoms with Crippen LogP contribution in [0.2, 0.25) is 0 Å². The van der Waals surface area contributed by atoms with Crippen molar-refractivity contribution in [2.75, 3.05) is 13.1 Å². The summed E-state index contributed by atoms with van der Waals surface area (Å²) in [6.45, 7) is 4.75. The first-order valence-electron chi connectivity index (χ1n) is 7.61. The Kier molecular flexibility index (Phi) is 5.57. The lowest BCUT2D eigenvalue weighted by Crippen LogP contribution is -2.36. The third-order valence-corrected chi connectivity index (χ3v) is 3.43. The number of aliphatic carboxylic acids is 1. The predicted molar refractivity (Wildman–Crippen MR) is 87.1 cm³/mol. The van der Waals surface area contributed by atoms with Gasteiger partial charge in [-0.3, -0.25) is 9.59 Å². The molecule has 1 heterocycles. The molecule has 0 radical (unpaired) electrons. The molecule has 0 saturated heterocycles. The molecule has 0 aliphatic heterocycles. The van der Waals surface area contributed by atoms with Gasteiger partial charge in [0.2, 0.25) is 0 Å². The molecule has 5 heteroatoms. The van der Waals surface area contributed by atoms with Crippen molar-refractivity contribution in [2.24, 2.45) is 5.92 Å². The van der Waals surface area contributed by atoms with Gasteiger partial charge in [0.25, 0.3) is 5.91 Å². The minimum Gasteiger partial charge on any atom is -0.481 e. The van der Waals surface area contributed by atoms with Crippen molar-refractivity contribution >= 4 is 11.9 Å². The Morgan fingerprint density at radius 3 is 2.61 bits per heavy atom. The molecule has 0 atom stereocenters. The van der Waals surface area contributed by atoms with E-state index < -0.39 is 5.97 Å². The molecule has 122 valence electrons. The van der Waals surface area contributed by atoms with Crippen molar-refractivity contribution in [1.82, 2.24) is 4.90 Å². The summed E-state index contributed by atoms with van der Waals surface area (Å²) in [5.74, 6) is -0.784. The van der Waals surface area contributed by atoms with Gasteiger partial charge in [-0.05, 0) is 29.7 Å². The van der Waals surface area contributed by atoms with E-state index in [1.54, 1.807) is 29.6 Å². The van der Waals surface area contributed by atoms with E-state index in [0.717, 1.165) is 11.1 Å². The van der Waals surface area contributed by atoms with Gasteiger partial charge in [-0.15, -0.1) is 0 Å². The topological polar surface area (TPSA) is 70.8 Å². The third kappa shape index (κ3) is 4.71. The van der Waals surface area contributed by atoms with Crippen LogP contribution in [-0.2, 0) is 4.79 Å². The third-order valence-electron chi connectivity index (χ3n) is 3.43. The van der Waals surface area contributed by atoms with Gasteiger partial charge in [-0.25, -0.2) is 0 Å². The van der Waals surface area contributed by atoms with E-state index in [1.807, 2.05) is 32.0 Å². The van der Waals surface area contributed by atoms with Crippen molar-refractivity contribution < 1.29 is 19.1 Å². The van der Waals surface area contributed by atoms with E-state index in [9.17, 15) is 9.59 Å². The number of carboxylic acid groups (broad SMARTS) is 1. The first-order chi connectivity index (χ1) is 11.0. The summed E-state index contributed by atoms with van der Waals surface area (Å²) in [7, 11) is 0. The van der Waals surface area contributed by atoms with Crippen molar-refractivity contribution in [3.63, 3.8) is 0 Å². The lowest BCUT2D eigenvalue weighted by Gasteiger charge is -2.24. The summed E-state index contributed by atoms with van der Waals surface area (Å²) in [6, 6.07) is 9.12. The van der Waals surface area contributed by atoms with E-state index in [1.165, 1.54) is 0 Å². The number of rotatable bonds is 7. The minimum absolute atomic E-state index is 0.0557. The zero-order valence-electron chi connectivity index (χ0n) is 13.4. The Bertz CT molecular complexity index is 661. The second-order valence-electron chi connectivity index (χ2n) is 5.88. The largest absolute Gasteiger partial charge is 0.481 e. The molecule has 0 unspecified atom stereocenters. The second-order valence-corrected chi connectivity index (χ2v) is 5.88. The summed E-state index contributed by atoms with van der Waals surface area (Å²) in [6.07, 6.45) is 3.15. The van der Waals surface area contributed by atoms with Gasteiger partial charge in [0, 0.05) is 24.2 Å². The van der Waals surface area contributed by atoms with Crippen LogP contribution in [0.25, 0.3) is 11.1 Å². The Balaban J connectivity index is 2.21. The average Bonchev–Trinajstić information content (AvgIpc) is 3.05. The molecule has 0 bridgehead atoms. The first-order valence-corrected chi connectivity index (χ1v) is 7.61. The molecule has 1 aromatic heterocycles. The number of hydrogen-bond acceptors (Lipinski definition) is 3. The maximum atomic E-state index is 12.7. The molecule has 2 rings (SSSR count). The van der Waals surface area contributed by atoms with Crippen molar-refractivity contribution in [2.45, 2.75) is 20.3 Å². The van der Waals surface area contributed by atoms with E-state index in [4.69, 9.17) is 9.52 Å². The molecule has 0 aliphatic rings. The fourth-order valence-corrected chi connectivity index (χ4v) is 2.39. The van der Waals surface area contributed by atoms with Crippen molar-refractivity contribution in [3.8, 4) is 11.1 Å². The second kappa shape index (κ2) is 7.63. The van der Waals surface area contributed by atoms with E-state index in [-0.39, 0.29) is 24.8 Å². The summed E-state index contributed by atoms with van der Waals surface area (Å²) in [5, 5.41) is 8.87. The number of carbonyl (C=O) groups excluding carboxylic acids is 1. The van der Waals surface area contributed by atoms with Gasteiger partial charge >= 0.3 is 5.97 Å². The molecule has 5 nitrogen and oxygen atoms in total. The number of nitrogens with zero attached hydrogens (tertiary/aromatic N) is 1. The van der Waals surface area contributed by atoms with Crippen LogP contribution in [-0.4, -0.2) is 35.0 Å². The molecule has 2 aromatic rings. The zero-order chi connectivity index (χ0) is 16.8. The summed E-state index contributed by atoms with van der Waals surface area (Å²) in [4.78, 5) is 25.1. The Hall–Kier alpha value is -2.56. The number of benzene rings is 1. The number of hydrogen-bond donors (Lipinski definition) is 1. The Morgan fingerprint density at radius 1 is 1.22 bits per heavy atom. The fraction of sp³-hybridized carbons (Fsp3) is 0.333. The molecule has 0 spiro atoms. The molecular formula is C18H21NO4. The highest BCUT2D eigenvalue weighted by Gasteiger charge is 2.18. The summed E-state index contributed by atoms with van der Waals surface area (Å²) in [5.41, 5.74) is 2.35. The molecule has 0 fully saturated rings. The number of carboxylic acids is 1. The van der Waals surface area contributed by atoms with E-state index in [0.29, 0.717) is 12.1 Å². The highest BCUT2D eigenvalue weighted by atomic mass is 16.4. The quantitative estimate of drug-likeness (QED) is 0.848. The molecule has 23 heavy (non-hydrogen) atoms. The van der Waals surface area contributed by atoms with Gasteiger partial charge in [0.15, 0.2) is 0 Å². The summed E-state index contributed by atoms with van der Waals surface area (Å²) < 4.78 is 5.07. The van der Waals surface area contributed by atoms with Crippen LogP contribution in [0.3, 0.4) is 0 Å². The van der Waals surface area contributed by atoms with Gasteiger partial charge in [0.05, 0.1) is 18.9 Å². The van der Waals surface area contributed by atoms with Gasteiger partial charge < -0.3 is 14.4 Å². The van der Waals surface area contributed by atoms with Crippen LogP contribution in [0.5, 0.6) is 0 Å². The van der Waals surface area contributed by atoms with Crippen LogP contribution in [0.15, 0.2) is 47.3 Å². The van der Waals surface area contributed by atoms with Crippen molar-refractivity contribution in [1.29, 1.82) is 0 Å². The standard InChI is InChI=1S/C18H21NO4/c1-13(2)11-19(8-6-17(20)21)18(22)15-5-3-4-14(10-15)16-7-9-23-12-16/h3-5,7,9-10,12-13H,6,8,11H2,1-2H3,(H,20,21). The minimum atomic E-state index is -0.904. The fourth-order valence-electron chi connectivity index (χ4n) is 2.39. The smallest absolute Gasteiger partial charge is 0.305 e. The Labute approximate surface area is 135 Å². The van der Waals surface area contributed by atoms with E-state index in [2.05, 4.69) is 0 Å². The highest BCUT2D eigenvalue weighted by molar-refractivity contribution is 5.95. The normalized spacial score (nSPS) is 10.7. The van der Waals surface area contributed by atoms with Gasteiger partial charge in [-0.1, -0.05) is 26.0 Å². The van der Waals surface area contributed by atoms with Crippen LogP contribution in [0.4, 0.5) is 0 Å². The highest BCUT2D eigenvalue weighted by Crippen LogP contribution is 2.21. The molecule has 1 N–H and O–H groups in total. The monoisotopic (exact) mass is 315 g/mol. The molecule has 1 amide bonds. The maximum absolute atomic E-state index is 12.7. The van der Waals surface area contributed by atoms with Crippen LogP contribution in [0, 0.1) is 5.92 Å². The lowest BCUT2D eigenvalue weighted by atomic mass is 10.0. The number of carbonyl (C=O) groups is 2. The molecule has 0 aliphatic carbocycles. The van der Waals surface area contributed by atoms with Crippen molar-refractivity contribution in [3.05, 3.63) is 48.4 Å². The molecular weight excluding hydrogens is 294 g/mol. The number of amides is 1. The molecule has 1 aromatic carbocycles. The predicted octanol–water partition coefficient (Wildman–Crippen LogP) is 3.52. The Morgan fingerprint density at radius 2 is 2.00 bits per heavy atom. The van der Waals surface area contributed by atoms with Crippen LogP contribution in [0.1, 0.15) is 30.6 Å². The molecule has 0 saturated carbocycles. The van der Waals surface area contributed by atoms with Crippen LogP contribution >= 0.6 is 0 Å². The van der Waals surface area contributed by atoms with Gasteiger partial charge in [0.1, 0.15) is 0 Å². The van der Waals surface area contributed by atoms with E-state index >= 15 is 0 Å². The number of furan rings is 1. The maximum Gasteiger partial charge on any atom is 0.305 e. The zero-order valence-corrected chi connectivity index (χ0v) is 13.4. The van der Waals surface area contributed by atoms with Gasteiger partial charge in [-0.2, -0.15) is 0 Å².